The number of fused-ring (bicyclic) bond motifs is 3. The molecule has 0 unspecified atom stereocenters. The molecule has 0 aliphatic rings. The zero-order valence-corrected chi connectivity index (χ0v) is 21.1. The minimum Gasteiger partial charge on any atom is -0.307 e. The van der Waals surface area contributed by atoms with Crippen LogP contribution >= 0.6 is 12.1 Å². The van der Waals surface area contributed by atoms with Crippen LogP contribution in [0, 0.1) is 13.8 Å². The van der Waals surface area contributed by atoms with Crippen molar-refractivity contribution in [1.29, 1.82) is 0 Å². The number of anilines is 1. The molecule has 0 saturated heterocycles. The van der Waals surface area contributed by atoms with Crippen molar-refractivity contribution in [3.63, 3.8) is 0 Å². The molecule has 7 nitrogen and oxygen atoms in total. The lowest BCUT2D eigenvalue weighted by Crippen LogP contribution is -2.23. The molecule has 0 aliphatic carbocycles. The number of aromatic nitrogens is 3. The Morgan fingerprint density at radius 1 is 1.03 bits per heavy atom. The Kier molecular flexibility index (Phi) is 6.77. The van der Waals surface area contributed by atoms with Gasteiger partial charge >= 0.3 is 12.2 Å². The summed E-state index contributed by atoms with van der Waals surface area (Å²) in [7, 11) is 0. The van der Waals surface area contributed by atoms with Gasteiger partial charge in [-0.3, -0.25) is 9.29 Å². The molecule has 0 fully saturated rings. The van der Waals surface area contributed by atoms with Crippen LogP contribution in [0.1, 0.15) is 22.3 Å². The number of pyridine rings is 1. The van der Waals surface area contributed by atoms with Crippen LogP contribution in [0.2, 0.25) is 0 Å². The maximum Gasteiger partial charge on any atom is 0.417 e. The fraction of sp³-hybridized carbons (Fsp3) is 0.111. The van der Waals surface area contributed by atoms with Gasteiger partial charge in [-0.1, -0.05) is 36.4 Å². The van der Waals surface area contributed by atoms with E-state index in [4.69, 9.17) is 0 Å². The van der Waals surface area contributed by atoms with E-state index in [1.807, 2.05) is 62.4 Å². The largest absolute Gasteiger partial charge is 0.417 e. The third-order valence-electron chi connectivity index (χ3n) is 5.99. The van der Waals surface area contributed by atoms with E-state index >= 15 is 0 Å². The van der Waals surface area contributed by atoms with E-state index in [9.17, 15) is 18.0 Å². The third kappa shape index (κ3) is 5.18. The third-order valence-corrected chi connectivity index (χ3v) is 6.48. The number of nitrogens with one attached hydrogen (secondary N) is 2. The number of carbonyl (C=O) groups is 1. The van der Waals surface area contributed by atoms with Crippen molar-refractivity contribution in [3.8, 4) is 5.82 Å². The Balaban J connectivity index is 1.29. The Morgan fingerprint density at radius 2 is 1.82 bits per heavy atom. The van der Waals surface area contributed by atoms with Gasteiger partial charge < -0.3 is 5.32 Å². The molecule has 0 saturated carbocycles. The molecule has 0 bridgehead atoms. The van der Waals surface area contributed by atoms with Gasteiger partial charge in [-0.15, -0.1) is 0 Å². The highest BCUT2D eigenvalue weighted by molar-refractivity contribution is 7.96. The molecule has 0 aliphatic heterocycles. The Morgan fingerprint density at radius 3 is 2.53 bits per heavy atom. The molecular weight excluding hydrogens is 513 g/mol. The number of halogens is 3. The van der Waals surface area contributed by atoms with Crippen LogP contribution in [0.25, 0.3) is 27.6 Å². The van der Waals surface area contributed by atoms with Crippen molar-refractivity contribution in [3.05, 3.63) is 95.4 Å². The number of carbonyl (C=O) groups excluding carboxylic acids is 1. The molecule has 2 aromatic heterocycles. The second-order valence-electron chi connectivity index (χ2n) is 8.58. The van der Waals surface area contributed by atoms with Crippen molar-refractivity contribution in [1.82, 2.24) is 19.3 Å². The summed E-state index contributed by atoms with van der Waals surface area (Å²) < 4.78 is 47.1. The summed E-state index contributed by atoms with van der Waals surface area (Å²) in [6.07, 6.45) is -0.450. The summed E-state index contributed by atoms with van der Waals surface area (Å²) in [5.74, 6) is 0.342. The van der Waals surface area contributed by atoms with E-state index in [1.165, 1.54) is 6.07 Å². The molecule has 38 heavy (non-hydrogen) atoms. The standard InChI is InChI=1S/C27H21F3N6OS/c1-16-4-3-5-17(2)24(16)34-26(37)35-38-33-13-18-6-9-21-19(12-18)7-10-22-25(21)32-15-36(22)23-11-8-20(14-31-23)27(28,29)30/h3-15H,1-2H3,(H2,34,35,37)/b33-13+. The van der Waals surface area contributed by atoms with Gasteiger partial charge in [0.15, 0.2) is 0 Å². The summed E-state index contributed by atoms with van der Waals surface area (Å²) in [6.45, 7) is 3.86. The van der Waals surface area contributed by atoms with Crippen LogP contribution < -0.4 is 10.0 Å². The average molecular weight is 535 g/mol. The van der Waals surface area contributed by atoms with Gasteiger partial charge in [-0.05, 0) is 60.2 Å². The minimum absolute atomic E-state index is 0.342. The van der Waals surface area contributed by atoms with Crippen LogP contribution in [-0.2, 0) is 6.18 Å². The minimum atomic E-state index is -4.44. The van der Waals surface area contributed by atoms with Gasteiger partial charge in [0.05, 0.1) is 28.7 Å². The molecule has 0 spiro atoms. The zero-order chi connectivity index (χ0) is 26.9. The Labute approximate surface area is 220 Å². The monoisotopic (exact) mass is 534 g/mol. The fourth-order valence-corrected chi connectivity index (χ4v) is 4.45. The van der Waals surface area contributed by atoms with Crippen LogP contribution in [0.5, 0.6) is 0 Å². The number of imidazole rings is 1. The van der Waals surface area contributed by atoms with Crippen LogP contribution in [0.3, 0.4) is 0 Å². The zero-order valence-electron chi connectivity index (χ0n) is 20.2. The molecule has 192 valence electrons. The molecular formula is C27H21F3N6OS. The number of rotatable bonds is 5. The second kappa shape index (κ2) is 10.2. The fourth-order valence-electron chi connectivity index (χ4n) is 4.09. The maximum atomic E-state index is 12.9. The molecule has 0 radical (unpaired) electrons. The number of amides is 2. The second-order valence-corrected chi connectivity index (χ2v) is 9.18. The van der Waals surface area contributed by atoms with Crippen molar-refractivity contribution in [2.45, 2.75) is 20.0 Å². The van der Waals surface area contributed by atoms with Crippen LogP contribution in [-0.4, -0.2) is 26.8 Å². The predicted molar refractivity (Wildman–Crippen MR) is 145 cm³/mol. The summed E-state index contributed by atoms with van der Waals surface area (Å²) in [6, 6.07) is 17.2. The Bertz CT molecular complexity index is 1660. The molecule has 5 aromatic rings. The number of para-hydroxylation sites is 1. The number of benzene rings is 3. The lowest BCUT2D eigenvalue weighted by Gasteiger charge is -2.10. The molecule has 2 heterocycles. The molecule has 3 aromatic carbocycles. The lowest BCUT2D eigenvalue weighted by atomic mass is 10.1. The van der Waals surface area contributed by atoms with E-state index in [2.05, 4.69) is 24.4 Å². The SMILES string of the molecule is Cc1cccc(C)c1NC(=O)NS/N=C/c1ccc2c(ccc3c2ncn3-c2ccc(C(F)(F)F)cn2)c1. The van der Waals surface area contributed by atoms with Gasteiger partial charge in [-0.25, -0.2) is 19.2 Å². The van der Waals surface area contributed by atoms with E-state index < -0.39 is 11.7 Å². The first-order chi connectivity index (χ1) is 18.2. The summed E-state index contributed by atoms with van der Waals surface area (Å²) in [4.78, 5) is 20.7. The van der Waals surface area contributed by atoms with E-state index in [0.717, 1.165) is 63.1 Å². The summed E-state index contributed by atoms with van der Waals surface area (Å²) in [5, 5.41) is 4.63. The van der Waals surface area contributed by atoms with Crippen LogP contribution in [0.15, 0.2) is 77.6 Å². The number of hydrogen-bond donors (Lipinski definition) is 2. The van der Waals surface area contributed by atoms with E-state index in [0.29, 0.717) is 11.3 Å². The number of hydrogen-bond acceptors (Lipinski definition) is 5. The first-order valence-electron chi connectivity index (χ1n) is 11.5. The normalized spacial score (nSPS) is 11.9. The number of aryl methyl sites for hydroxylation is 2. The van der Waals surface area contributed by atoms with Gasteiger partial charge in [0.25, 0.3) is 0 Å². The highest BCUT2D eigenvalue weighted by Gasteiger charge is 2.30. The Hall–Kier alpha value is -4.38. The van der Waals surface area contributed by atoms with Gasteiger partial charge in [0.2, 0.25) is 0 Å². The average Bonchev–Trinajstić information content (AvgIpc) is 3.33. The van der Waals surface area contributed by atoms with Gasteiger partial charge in [0.1, 0.15) is 12.1 Å². The molecule has 2 N–H and O–H groups in total. The molecule has 0 atom stereocenters. The molecule has 2 amide bonds. The summed E-state index contributed by atoms with van der Waals surface area (Å²) >= 11 is 0.913. The maximum absolute atomic E-state index is 12.9. The smallest absolute Gasteiger partial charge is 0.307 e. The van der Waals surface area contributed by atoms with E-state index in [-0.39, 0.29) is 6.03 Å². The predicted octanol–water partition coefficient (Wildman–Crippen LogP) is 7.01. The molecule has 5 rings (SSSR count). The lowest BCUT2D eigenvalue weighted by molar-refractivity contribution is -0.137. The highest BCUT2D eigenvalue weighted by atomic mass is 32.2. The number of nitrogens with zero attached hydrogens (tertiary/aromatic N) is 4. The van der Waals surface area contributed by atoms with Crippen molar-refractivity contribution in [2.24, 2.45) is 4.40 Å². The van der Waals surface area contributed by atoms with Gasteiger partial charge in [0, 0.05) is 23.5 Å². The quantitative estimate of drug-likeness (QED) is 0.188. The summed E-state index contributed by atoms with van der Waals surface area (Å²) in [5.41, 5.74) is 4.16. The van der Waals surface area contributed by atoms with Crippen molar-refractivity contribution < 1.29 is 18.0 Å². The first-order valence-corrected chi connectivity index (χ1v) is 12.2. The van der Waals surface area contributed by atoms with Crippen LogP contribution in [0.4, 0.5) is 23.7 Å². The highest BCUT2D eigenvalue weighted by Crippen LogP contribution is 2.30. The molecule has 11 heteroatoms. The van der Waals surface area contributed by atoms with Crippen molar-refractivity contribution in [2.75, 3.05) is 5.32 Å². The van der Waals surface area contributed by atoms with Crippen molar-refractivity contribution >= 4 is 51.9 Å². The first kappa shape index (κ1) is 25.3. The van der Waals surface area contributed by atoms with Gasteiger partial charge in [-0.2, -0.15) is 13.2 Å². The van der Waals surface area contributed by atoms with E-state index in [1.54, 1.807) is 17.1 Å². The topological polar surface area (TPSA) is 84.2 Å². The number of urea groups is 1. The number of alkyl halides is 3.